The van der Waals surface area contributed by atoms with Crippen molar-refractivity contribution < 1.29 is 0 Å². The van der Waals surface area contributed by atoms with Crippen LogP contribution in [0.25, 0.3) is 0 Å². The Hall–Kier alpha value is -1.71. The first-order valence-electron chi connectivity index (χ1n) is 6.76. The maximum Gasteiger partial charge on any atom is 0.0546 e. The highest BCUT2D eigenvalue weighted by molar-refractivity contribution is 5.36. The number of nitrogens with two attached hydrogens (primary N) is 1. The lowest BCUT2D eigenvalue weighted by Gasteiger charge is -2.25. The number of nitrogens with zero attached hydrogens (tertiary/aromatic N) is 1. The van der Waals surface area contributed by atoms with Crippen LogP contribution in [0.5, 0.6) is 0 Å². The minimum atomic E-state index is 0.136. The van der Waals surface area contributed by atoms with E-state index in [1.807, 2.05) is 12.3 Å². The summed E-state index contributed by atoms with van der Waals surface area (Å²) >= 11 is 0. The van der Waals surface area contributed by atoms with Crippen molar-refractivity contribution in [3.63, 3.8) is 0 Å². The van der Waals surface area contributed by atoms with E-state index in [0.717, 1.165) is 12.8 Å². The van der Waals surface area contributed by atoms with Gasteiger partial charge in [0.15, 0.2) is 0 Å². The van der Waals surface area contributed by atoms with Crippen molar-refractivity contribution in [3.8, 4) is 0 Å². The highest BCUT2D eigenvalue weighted by Gasteiger charge is 2.31. The molecule has 0 amide bonds. The molecule has 2 unspecified atom stereocenters. The number of aromatic nitrogens is 1. The van der Waals surface area contributed by atoms with Gasteiger partial charge in [0.25, 0.3) is 0 Å². The molecule has 3 N–H and O–H groups in total. The Labute approximate surface area is 113 Å². The molecule has 0 saturated heterocycles. The van der Waals surface area contributed by atoms with Gasteiger partial charge in [0.1, 0.15) is 0 Å². The number of hydrogen-bond donors (Lipinski definition) is 2. The summed E-state index contributed by atoms with van der Waals surface area (Å²) in [4.78, 5) is 4.57. The normalized spacial score (nSPS) is 19.2. The first kappa shape index (κ1) is 12.3. The van der Waals surface area contributed by atoms with E-state index in [9.17, 15) is 0 Å². The number of pyridine rings is 1. The summed E-state index contributed by atoms with van der Waals surface area (Å²) in [5, 5.41) is 0. The molecular formula is C16H19N3. The molecule has 0 aliphatic heterocycles. The highest BCUT2D eigenvalue weighted by atomic mass is 15.2. The highest BCUT2D eigenvalue weighted by Crippen LogP contribution is 2.40. The van der Waals surface area contributed by atoms with Gasteiger partial charge < -0.3 is 0 Å². The molecule has 0 radical (unpaired) electrons. The van der Waals surface area contributed by atoms with Gasteiger partial charge in [-0.25, -0.2) is 0 Å². The molecule has 0 spiro atoms. The third-order valence-electron chi connectivity index (χ3n) is 4.11. The van der Waals surface area contributed by atoms with Crippen LogP contribution in [0.2, 0.25) is 0 Å². The van der Waals surface area contributed by atoms with Crippen molar-refractivity contribution in [2.75, 3.05) is 0 Å². The third kappa shape index (κ3) is 2.15. The summed E-state index contributed by atoms with van der Waals surface area (Å²) in [7, 11) is 0. The molecule has 1 aromatic heterocycles. The van der Waals surface area contributed by atoms with Gasteiger partial charge in [-0.3, -0.25) is 16.3 Å². The number of hydrogen-bond acceptors (Lipinski definition) is 3. The molecule has 0 bridgehead atoms. The molecule has 1 aromatic carbocycles. The standard InChI is InChI=1S/C16H19N3/c1-11-5-2-3-7-13(11)16(19-17)14-9-8-12-6-4-10-18-15(12)14/h2-7,10,14,16,19H,8-9,17H2,1H3. The van der Waals surface area contributed by atoms with E-state index in [1.165, 1.54) is 22.4 Å². The Morgan fingerprint density at radius 3 is 2.89 bits per heavy atom. The smallest absolute Gasteiger partial charge is 0.0546 e. The van der Waals surface area contributed by atoms with E-state index in [1.54, 1.807) is 0 Å². The molecule has 2 atom stereocenters. The fraction of sp³-hybridized carbons (Fsp3) is 0.312. The molecule has 98 valence electrons. The molecule has 1 aliphatic carbocycles. The van der Waals surface area contributed by atoms with E-state index in [2.05, 4.69) is 47.7 Å². The monoisotopic (exact) mass is 253 g/mol. The van der Waals surface area contributed by atoms with Gasteiger partial charge in [0, 0.05) is 17.8 Å². The summed E-state index contributed by atoms with van der Waals surface area (Å²) < 4.78 is 0. The lowest BCUT2D eigenvalue weighted by atomic mass is 9.89. The average Bonchev–Trinajstić information content (AvgIpc) is 2.86. The molecule has 1 aliphatic rings. The first-order chi connectivity index (χ1) is 9.31. The predicted octanol–water partition coefficient (Wildman–Crippen LogP) is 2.62. The topological polar surface area (TPSA) is 50.9 Å². The Balaban J connectivity index is 1.99. The van der Waals surface area contributed by atoms with Gasteiger partial charge in [-0.05, 0) is 42.5 Å². The van der Waals surface area contributed by atoms with Crippen molar-refractivity contribution in [2.24, 2.45) is 5.84 Å². The summed E-state index contributed by atoms with van der Waals surface area (Å²) in [6, 6.07) is 12.7. The number of fused-ring (bicyclic) bond motifs is 1. The molecule has 3 rings (SSSR count). The van der Waals surface area contributed by atoms with E-state index in [0.29, 0.717) is 5.92 Å². The third-order valence-corrected chi connectivity index (χ3v) is 4.11. The molecule has 2 aromatic rings. The van der Waals surface area contributed by atoms with Crippen molar-refractivity contribution in [2.45, 2.75) is 31.7 Å². The van der Waals surface area contributed by atoms with Crippen LogP contribution < -0.4 is 11.3 Å². The quantitative estimate of drug-likeness (QED) is 0.653. The number of nitrogens with one attached hydrogen (secondary N) is 1. The van der Waals surface area contributed by atoms with Crippen LogP contribution in [0.3, 0.4) is 0 Å². The average molecular weight is 253 g/mol. The maximum atomic E-state index is 5.83. The van der Waals surface area contributed by atoms with Crippen molar-refractivity contribution in [1.29, 1.82) is 0 Å². The number of rotatable bonds is 3. The van der Waals surface area contributed by atoms with Crippen LogP contribution >= 0.6 is 0 Å². The molecule has 0 saturated carbocycles. The molecule has 3 nitrogen and oxygen atoms in total. The van der Waals surface area contributed by atoms with Crippen molar-refractivity contribution >= 4 is 0 Å². The van der Waals surface area contributed by atoms with Gasteiger partial charge in [-0.15, -0.1) is 0 Å². The summed E-state index contributed by atoms with van der Waals surface area (Å²) in [5.74, 6) is 6.20. The van der Waals surface area contributed by atoms with Crippen LogP contribution in [-0.4, -0.2) is 4.98 Å². The molecule has 3 heteroatoms. The summed E-state index contributed by atoms with van der Waals surface area (Å²) in [6.07, 6.45) is 4.08. The molecule has 1 heterocycles. The first-order valence-corrected chi connectivity index (χ1v) is 6.76. The van der Waals surface area contributed by atoms with E-state index < -0.39 is 0 Å². The van der Waals surface area contributed by atoms with Gasteiger partial charge in [0.05, 0.1) is 6.04 Å². The second-order valence-corrected chi connectivity index (χ2v) is 5.19. The van der Waals surface area contributed by atoms with Gasteiger partial charge in [0.2, 0.25) is 0 Å². The SMILES string of the molecule is Cc1ccccc1C(NN)C1CCc2cccnc21. The van der Waals surface area contributed by atoms with Gasteiger partial charge in [-0.2, -0.15) is 0 Å². The predicted molar refractivity (Wildman–Crippen MR) is 76.5 cm³/mol. The Morgan fingerprint density at radius 2 is 2.11 bits per heavy atom. The largest absolute Gasteiger partial charge is 0.271 e. The van der Waals surface area contributed by atoms with E-state index in [-0.39, 0.29) is 6.04 Å². The zero-order valence-electron chi connectivity index (χ0n) is 11.1. The minimum Gasteiger partial charge on any atom is -0.271 e. The van der Waals surface area contributed by atoms with Gasteiger partial charge in [-0.1, -0.05) is 30.3 Å². The Bertz CT molecular complexity index is 580. The summed E-state index contributed by atoms with van der Waals surface area (Å²) in [5.41, 5.74) is 8.11. The fourth-order valence-corrected chi connectivity index (χ4v) is 3.13. The number of aryl methyl sites for hydroxylation is 2. The summed E-state index contributed by atoms with van der Waals surface area (Å²) in [6.45, 7) is 2.13. The van der Waals surface area contributed by atoms with Crippen LogP contribution in [0.1, 0.15) is 40.8 Å². The fourth-order valence-electron chi connectivity index (χ4n) is 3.13. The second-order valence-electron chi connectivity index (χ2n) is 5.19. The van der Waals surface area contributed by atoms with Crippen LogP contribution in [0.15, 0.2) is 42.6 Å². The maximum absolute atomic E-state index is 5.83. The van der Waals surface area contributed by atoms with E-state index in [4.69, 9.17) is 5.84 Å². The Morgan fingerprint density at radius 1 is 1.26 bits per heavy atom. The van der Waals surface area contributed by atoms with Crippen LogP contribution in [-0.2, 0) is 6.42 Å². The zero-order chi connectivity index (χ0) is 13.2. The minimum absolute atomic E-state index is 0.136. The van der Waals surface area contributed by atoms with Crippen LogP contribution in [0.4, 0.5) is 0 Å². The number of hydrazine groups is 1. The van der Waals surface area contributed by atoms with Crippen LogP contribution in [0, 0.1) is 6.92 Å². The van der Waals surface area contributed by atoms with Crippen molar-refractivity contribution in [3.05, 3.63) is 65.0 Å². The van der Waals surface area contributed by atoms with Gasteiger partial charge >= 0.3 is 0 Å². The molecular weight excluding hydrogens is 234 g/mol. The lowest BCUT2D eigenvalue weighted by Crippen LogP contribution is -2.32. The number of benzene rings is 1. The van der Waals surface area contributed by atoms with Crippen molar-refractivity contribution in [1.82, 2.24) is 10.4 Å². The zero-order valence-corrected chi connectivity index (χ0v) is 11.1. The Kier molecular flexibility index (Phi) is 3.32. The molecule has 19 heavy (non-hydrogen) atoms. The lowest BCUT2D eigenvalue weighted by molar-refractivity contribution is 0.445. The van der Waals surface area contributed by atoms with E-state index >= 15 is 0 Å². The molecule has 0 fully saturated rings. The second kappa shape index (κ2) is 5.11.